The lowest BCUT2D eigenvalue weighted by atomic mass is 10.2. The van der Waals surface area contributed by atoms with E-state index < -0.39 is 0 Å². The van der Waals surface area contributed by atoms with Gasteiger partial charge in [-0.05, 0) is 29.6 Å². The fourth-order valence-corrected chi connectivity index (χ4v) is 2.46. The van der Waals surface area contributed by atoms with Crippen LogP contribution in [0.5, 0.6) is 0 Å². The summed E-state index contributed by atoms with van der Waals surface area (Å²) in [4.78, 5) is 24.1. The second-order valence-electron chi connectivity index (χ2n) is 3.96. The first-order chi connectivity index (χ1) is 9.15. The van der Waals surface area contributed by atoms with Crippen LogP contribution in [-0.2, 0) is 4.79 Å². The highest BCUT2D eigenvalue weighted by Crippen LogP contribution is 2.16. The Morgan fingerprint density at radius 2 is 2.00 bits per heavy atom. The van der Waals surface area contributed by atoms with E-state index in [0.29, 0.717) is 15.6 Å². The first kappa shape index (κ1) is 13.8. The third-order valence-electron chi connectivity index (χ3n) is 2.48. The molecule has 2 rings (SSSR count). The summed E-state index contributed by atoms with van der Waals surface area (Å²) < 4.78 is 0. The number of hydrogen-bond donors (Lipinski definition) is 1. The van der Waals surface area contributed by atoms with Gasteiger partial charge in [0.2, 0.25) is 5.91 Å². The molecule has 0 atom stereocenters. The topological polar surface area (TPSA) is 46.2 Å². The van der Waals surface area contributed by atoms with Crippen LogP contribution in [0.25, 0.3) is 0 Å². The molecule has 0 spiro atoms. The number of ketones is 1. The quantitative estimate of drug-likeness (QED) is 0.847. The third-order valence-corrected chi connectivity index (χ3v) is 3.63. The van der Waals surface area contributed by atoms with E-state index in [9.17, 15) is 9.59 Å². The summed E-state index contributed by atoms with van der Waals surface area (Å²) >= 11 is 7.21. The number of nitrogens with one attached hydrogen (secondary N) is 1. The smallest absolute Gasteiger partial charge is 0.224 e. The maximum atomic E-state index is 11.7. The number of halogens is 1. The molecule has 0 aliphatic carbocycles. The van der Waals surface area contributed by atoms with E-state index in [1.165, 1.54) is 11.3 Å². The number of Topliss-reactive ketones (excluding diaryl/α,β-unsaturated/α-hetero) is 1. The molecule has 0 saturated carbocycles. The average molecular weight is 294 g/mol. The van der Waals surface area contributed by atoms with Gasteiger partial charge in [-0.2, -0.15) is 0 Å². The van der Waals surface area contributed by atoms with Crippen LogP contribution in [0.15, 0.2) is 41.8 Å². The molecule has 2 aromatic rings. The molecule has 98 valence electrons. The number of amides is 1. The summed E-state index contributed by atoms with van der Waals surface area (Å²) in [5.41, 5.74) is 0.640. The second kappa shape index (κ2) is 6.50. The Kier molecular flexibility index (Phi) is 4.71. The number of anilines is 1. The van der Waals surface area contributed by atoms with Crippen molar-refractivity contribution in [2.45, 2.75) is 12.8 Å². The maximum absolute atomic E-state index is 11.7. The molecule has 1 aromatic heterocycles. The minimum absolute atomic E-state index is 0.00348. The molecule has 5 heteroatoms. The molecule has 1 N–H and O–H groups in total. The van der Waals surface area contributed by atoms with Gasteiger partial charge in [-0.3, -0.25) is 9.59 Å². The summed E-state index contributed by atoms with van der Waals surface area (Å²) in [6.45, 7) is 0. The van der Waals surface area contributed by atoms with Gasteiger partial charge in [-0.15, -0.1) is 11.3 Å². The van der Waals surface area contributed by atoms with Crippen molar-refractivity contribution in [3.05, 3.63) is 51.7 Å². The van der Waals surface area contributed by atoms with Crippen LogP contribution in [0.4, 0.5) is 5.69 Å². The third kappa shape index (κ3) is 4.19. The van der Waals surface area contributed by atoms with E-state index in [-0.39, 0.29) is 24.5 Å². The molecule has 0 aliphatic rings. The van der Waals surface area contributed by atoms with E-state index in [0.717, 1.165) is 0 Å². The van der Waals surface area contributed by atoms with E-state index in [1.54, 1.807) is 30.3 Å². The lowest BCUT2D eigenvalue weighted by molar-refractivity contribution is -0.116. The Hall–Kier alpha value is -1.65. The van der Waals surface area contributed by atoms with Gasteiger partial charge in [0.25, 0.3) is 0 Å². The van der Waals surface area contributed by atoms with Crippen LogP contribution >= 0.6 is 22.9 Å². The van der Waals surface area contributed by atoms with Gasteiger partial charge in [0.15, 0.2) is 5.78 Å². The summed E-state index contributed by atoms with van der Waals surface area (Å²) in [5, 5.41) is 5.12. The van der Waals surface area contributed by atoms with Crippen LogP contribution in [0.1, 0.15) is 22.5 Å². The zero-order valence-corrected chi connectivity index (χ0v) is 11.6. The Morgan fingerprint density at radius 3 is 2.68 bits per heavy atom. The largest absolute Gasteiger partial charge is 0.326 e. The van der Waals surface area contributed by atoms with Crippen molar-refractivity contribution in [1.82, 2.24) is 0 Å². The zero-order chi connectivity index (χ0) is 13.7. The number of carbonyl (C=O) groups excluding carboxylic acids is 2. The lowest BCUT2D eigenvalue weighted by Gasteiger charge is -2.04. The standard InChI is InChI=1S/C14H12ClNO2S/c15-10-3-1-4-11(9-10)16-14(18)7-6-12(17)13-5-2-8-19-13/h1-5,8-9H,6-7H2,(H,16,18). The van der Waals surface area contributed by atoms with Crippen LogP contribution in [0.3, 0.4) is 0 Å². The maximum Gasteiger partial charge on any atom is 0.224 e. The van der Waals surface area contributed by atoms with Crippen molar-refractivity contribution in [2.75, 3.05) is 5.32 Å². The zero-order valence-electron chi connectivity index (χ0n) is 10.1. The van der Waals surface area contributed by atoms with Crippen LogP contribution < -0.4 is 5.32 Å². The predicted octanol–water partition coefficient (Wildman–Crippen LogP) is 4.00. The number of thiophene rings is 1. The Balaban J connectivity index is 1.83. The van der Waals surface area contributed by atoms with E-state index in [1.807, 2.05) is 11.4 Å². The number of hydrogen-bond acceptors (Lipinski definition) is 3. The fraction of sp³-hybridized carbons (Fsp3) is 0.143. The molecule has 0 fully saturated rings. The second-order valence-corrected chi connectivity index (χ2v) is 5.34. The molecular formula is C14H12ClNO2S. The summed E-state index contributed by atoms with van der Waals surface area (Å²) in [6.07, 6.45) is 0.385. The Bertz CT molecular complexity index is 581. The number of carbonyl (C=O) groups is 2. The Morgan fingerprint density at radius 1 is 1.16 bits per heavy atom. The van der Waals surface area contributed by atoms with Crippen molar-refractivity contribution in [1.29, 1.82) is 0 Å². The van der Waals surface area contributed by atoms with Crippen molar-refractivity contribution in [3.8, 4) is 0 Å². The van der Waals surface area contributed by atoms with Crippen LogP contribution in [0.2, 0.25) is 5.02 Å². The minimum Gasteiger partial charge on any atom is -0.326 e. The molecule has 1 amide bonds. The summed E-state index contributed by atoms with van der Waals surface area (Å²) in [5.74, 6) is -0.191. The van der Waals surface area contributed by atoms with Gasteiger partial charge < -0.3 is 5.32 Å². The molecule has 3 nitrogen and oxygen atoms in total. The highest BCUT2D eigenvalue weighted by Gasteiger charge is 2.10. The molecule has 1 aromatic carbocycles. The van der Waals surface area contributed by atoms with Crippen molar-refractivity contribution in [2.24, 2.45) is 0 Å². The molecular weight excluding hydrogens is 282 g/mol. The van der Waals surface area contributed by atoms with Gasteiger partial charge in [0, 0.05) is 23.6 Å². The molecule has 0 bridgehead atoms. The van der Waals surface area contributed by atoms with Gasteiger partial charge in [-0.1, -0.05) is 23.7 Å². The summed E-state index contributed by atoms with van der Waals surface area (Å²) in [7, 11) is 0. The first-order valence-corrected chi connectivity index (χ1v) is 7.03. The minimum atomic E-state index is -0.188. The van der Waals surface area contributed by atoms with Gasteiger partial charge in [-0.25, -0.2) is 0 Å². The highest BCUT2D eigenvalue weighted by molar-refractivity contribution is 7.12. The lowest BCUT2D eigenvalue weighted by Crippen LogP contribution is -2.13. The van der Waals surface area contributed by atoms with Crippen molar-refractivity contribution < 1.29 is 9.59 Å². The van der Waals surface area contributed by atoms with Crippen LogP contribution in [-0.4, -0.2) is 11.7 Å². The van der Waals surface area contributed by atoms with E-state index in [4.69, 9.17) is 11.6 Å². The molecule has 0 aliphatic heterocycles. The highest BCUT2D eigenvalue weighted by atomic mass is 35.5. The average Bonchev–Trinajstić information content (AvgIpc) is 2.90. The van der Waals surface area contributed by atoms with Gasteiger partial charge >= 0.3 is 0 Å². The van der Waals surface area contributed by atoms with Crippen molar-refractivity contribution in [3.63, 3.8) is 0 Å². The molecule has 19 heavy (non-hydrogen) atoms. The molecule has 0 radical (unpaired) electrons. The normalized spacial score (nSPS) is 10.2. The first-order valence-electron chi connectivity index (χ1n) is 5.77. The Labute approximate surface area is 120 Å². The summed E-state index contributed by atoms with van der Waals surface area (Å²) in [6, 6.07) is 10.5. The monoisotopic (exact) mass is 293 g/mol. The van der Waals surface area contributed by atoms with Gasteiger partial charge in [0.1, 0.15) is 0 Å². The van der Waals surface area contributed by atoms with E-state index >= 15 is 0 Å². The number of benzene rings is 1. The van der Waals surface area contributed by atoms with Crippen LogP contribution in [0, 0.1) is 0 Å². The molecule has 0 saturated heterocycles. The molecule has 1 heterocycles. The number of rotatable bonds is 5. The fourth-order valence-electron chi connectivity index (χ4n) is 1.58. The predicted molar refractivity (Wildman–Crippen MR) is 78.0 cm³/mol. The van der Waals surface area contributed by atoms with Gasteiger partial charge in [0.05, 0.1) is 4.88 Å². The van der Waals surface area contributed by atoms with Crippen molar-refractivity contribution >= 4 is 40.3 Å². The van der Waals surface area contributed by atoms with E-state index in [2.05, 4.69) is 5.32 Å². The molecule has 0 unspecified atom stereocenters. The SMILES string of the molecule is O=C(CCC(=O)c1cccs1)Nc1cccc(Cl)c1.